The van der Waals surface area contributed by atoms with Crippen LogP contribution < -0.4 is 5.32 Å². The molecule has 2 aliphatic rings. The Hall–Kier alpha value is -0.870. The van der Waals surface area contributed by atoms with E-state index in [1.165, 1.54) is 12.0 Å². The number of rotatable bonds is 4. The van der Waals surface area contributed by atoms with Crippen molar-refractivity contribution in [2.75, 3.05) is 6.54 Å². The Morgan fingerprint density at radius 1 is 1.53 bits per heavy atom. The number of carbonyl (C=O) groups is 1. The normalized spacial score (nSPS) is 32.9. The van der Waals surface area contributed by atoms with Crippen LogP contribution in [0.1, 0.15) is 45.3 Å². The van der Waals surface area contributed by atoms with E-state index in [0.29, 0.717) is 11.3 Å². The lowest BCUT2D eigenvalue weighted by atomic mass is 10.1. The Morgan fingerprint density at radius 3 is 2.79 bits per heavy atom. The van der Waals surface area contributed by atoms with Gasteiger partial charge < -0.3 is 4.90 Å². The molecule has 0 radical (unpaired) electrons. The Kier molecular flexibility index (Phi) is 3.18. The molecule has 2 heterocycles. The average molecular weight is 278 g/mol. The van der Waals surface area contributed by atoms with Crippen LogP contribution in [0.2, 0.25) is 0 Å². The molecule has 3 nitrogen and oxygen atoms in total. The predicted molar refractivity (Wildman–Crippen MR) is 77.9 cm³/mol. The smallest absolute Gasteiger partial charge is 0.241 e. The highest BCUT2D eigenvalue weighted by atomic mass is 32.1. The predicted octanol–water partition coefficient (Wildman–Crippen LogP) is 3.00. The summed E-state index contributed by atoms with van der Waals surface area (Å²) < 4.78 is 0. The van der Waals surface area contributed by atoms with Crippen LogP contribution in [0.25, 0.3) is 0 Å². The minimum atomic E-state index is -0.00763. The molecule has 1 aromatic rings. The van der Waals surface area contributed by atoms with Gasteiger partial charge in [-0.1, -0.05) is 20.8 Å². The van der Waals surface area contributed by atoms with Gasteiger partial charge in [-0.15, -0.1) is 0 Å². The molecular formula is C15H22N2OS. The van der Waals surface area contributed by atoms with E-state index < -0.39 is 0 Å². The lowest BCUT2D eigenvalue weighted by molar-refractivity contribution is -0.130. The van der Waals surface area contributed by atoms with E-state index in [4.69, 9.17) is 0 Å². The molecule has 0 bridgehead atoms. The van der Waals surface area contributed by atoms with Crippen molar-refractivity contribution in [1.29, 1.82) is 0 Å². The van der Waals surface area contributed by atoms with Gasteiger partial charge in [0, 0.05) is 6.54 Å². The summed E-state index contributed by atoms with van der Waals surface area (Å²) in [5, 5.41) is 7.72. The van der Waals surface area contributed by atoms with Crippen LogP contribution in [0.15, 0.2) is 16.8 Å². The molecule has 1 saturated carbocycles. The van der Waals surface area contributed by atoms with E-state index in [2.05, 4.69) is 47.8 Å². The second-order valence-corrected chi connectivity index (χ2v) is 7.25. The summed E-state index contributed by atoms with van der Waals surface area (Å²) in [6.07, 6.45) is 2.19. The summed E-state index contributed by atoms with van der Waals surface area (Å²) in [5.74, 6) is 0.941. The van der Waals surface area contributed by atoms with E-state index in [9.17, 15) is 4.79 Å². The van der Waals surface area contributed by atoms with Gasteiger partial charge in [0.15, 0.2) is 0 Å². The number of nitrogens with zero attached hydrogens (tertiary/aromatic N) is 1. The largest absolute Gasteiger partial charge is 0.321 e. The Bertz CT molecular complexity index is 468. The molecule has 1 aromatic heterocycles. The molecule has 19 heavy (non-hydrogen) atoms. The van der Waals surface area contributed by atoms with Crippen LogP contribution in [0.3, 0.4) is 0 Å². The number of carbonyl (C=O) groups excluding carboxylic acids is 1. The van der Waals surface area contributed by atoms with Crippen molar-refractivity contribution in [3.05, 3.63) is 22.4 Å². The van der Waals surface area contributed by atoms with Crippen LogP contribution in [-0.2, 0) is 4.79 Å². The van der Waals surface area contributed by atoms with Crippen molar-refractivity contribution in [2.45, 2.75) is 45.8 Å². The fraction of sp³-hybridized carbons (Fsp3) is 0.667. The standard InChI is InChI=1S/C15H22N2OS/c1-4-12-14(18)17(8-11-7-15(11,2)3)13(16-12)10-5-6-19-9-10/h5-6,9,11-13,16H,4,7-8H2,1-3H3. The maximum atomic E-state index is 12.5. The van der Waals surface area contributed by atoms with Gasteiger partial charge in [0.05, 0.1) is 6.04 Å². The summed E-state index contributed by atoms with van der Waals surface area (Å²) in [5.41, 5.74) is 1.65. The summed E-state index contributed by atoms with van der Waals surface area (Å²) in [6, 6.07) is 2.12. The summed E-state index contributed by atoms with van der Waals surface area (Å²) >= 11 is 1.69. The van der Waals surface area contributed by atoms with E-state index in [1.807, 2.05) is 0 Å². The summed E-state index contributed by atoms with van der Waals surface area (Å²) in [6.45, 7) is 7.56. The first-order chi connectivity index (χ1) is 9.03. The van der Waals surface area contributed by atoms with Crippen molar-refractivity contribution in [3.63, 3.8) is 0 Å². The third-order valence-corrected chi connectivity index (χ3v) is 5.36. The van der Waals surface area contributed by atoms with Crippen molar-refractivity contribution < 1.29 is 4.79 Å². The highest BCUT2D eigenvalue weighted by Gasteiger charge is 2.49. The van der Waals surface area contributed by atoms with Crippen molar-refractivity contribution in [1.82, 2.24) is 10.2 Å². The Labute approximate surface area is 119 Å². The minimum absolute atomic E-state index is 0.00763. The number of hydrogen-bond acceptors (Lipinski definition) is 3. The second kappa shape index (κ2) is 4.60. The van der Waals surface area contributed by atoms with E-state index in [-0.39, 0.29) is 18.1 Å². The highest BCUT2D eigenvalue weighted by molar-refractivity contribution is 7.07. The molecule has 1 aliphatic carbocycles. The van der Waals surface area contributed by atoms with E-state index in [0.717, 1.165) is 13.0 Å². The lowest BCUT2D eigenvalue weighted by Gasteiger charge is -2.24. The molecule has 1 aliphatic heterocycles. The molecule has 3 unspecified atom stereocenters. The van der Waals surface area contributed by atoms with Crippen LogP contribution in [0.5, 0.6) is 0 Å². The molecule has 1 amide bonds. The third kappa shape index (κ3) is 2.32. The molecule has 3 rings (SSSR count). The van der Waals surface area contributed by atoms with E-state index >= 15 is 0 Å². The Balaban J connectivity index is 1.79. The molecule has 0 spiro atoms. The van der Waals surface area contributed by atoms with Gasteiger partial charge in [-0.3, -0.25) is 10.1 Å². The van der Waals surface area contributed by atoms with Crippen LogP contribution >= 0.6 is 11.3 Å². The molecule has 1 saturated heterocycles. The van der Waals surface area contributed by atoms with Crippen molar-refractivity contribution >= 4 is 17.2 Å². The van der Waals surface area contributed by atoms with Gasteiger partial charge in [0.2, 0.25) is 5.91 Å². The first-order valence-electron chi connectivity index (χ1n) is 7.11. The zero-order chi connectivity index (χ0) is 13.6. The number of amides is 1. The first-order valence-corrected chi connectivity index (χ1v) is 8.06. The maximum absolute atomic E-state index is 12.5. The number of nitrogens with one attached hydrogen (secondary N) is 1. The highest BCUT2D eigenvalue weighted by Crippen LogP contribution is 2.52. The topological polar surface area (TPSA) is 32.3 Å². The van der Waals surface area contributed by atoms with Gasteiger partial charge >= 0.3 is 0 Å². The first kappa shape index (κ1) is 13.1. The molecule has 2 fully saturated rings. The Morgan fingerprint density at radius 2 is 2.26 bits per heavy atom. The van der Waals surface area contributed by atoms with Crippen molar-refractivity contribution in [3.8, 4) is 0 Å². The van der Waals surface area contributed by atoms with Gasteiger partial charge in [-0.25, -0.2) is 0 Å². The zero-order valence-electron chi connectivity index (χ0n) is 11.8. The fourth-order valence-corrected chi connectivity index (χ4v) is 3.68. The summed E-state index contributed by atoms with van der Waals surface area (Å²) in [4.78, 5) is 14.5. The zero-order valence-corrected chi connectivity index (χ0v) is 12.7. The van der Waals surface area contributed by atoms with Crippen LogP contribution in [0, 0.1) is 11.3 Å². The fourth-order valence-electron chi connectivity index (χ4n) is 3.00. The molecule has 4 heteroatoms. The van der Waals surface area contributed by atoms with Gasteiger partial charge in [-0.05, 0) is 46.6 Å². The van der Waals surface area contributed by atoms with E-state index in [1.54, 1.807) is 11.3 Å². The van der Waals surface area contributed by atoms with Gasteiger partial charge in [0.25, 0.3) is 0 Å². The molecule has 3 atom stereocenters. The molecule has 0 aromatic carbocycles. The molecule has 1 N–H and O–H groups in total. The molecule has 104 valence electrons. The van der Waals surface area contributed by atoms with Crippen LogP contribution in [-0.4, -0.2) is 23.4 Å². The molecular weight excluding hydrogens is 256 g/mol. The van der Waals surface area contributed by atoms with Gasteiger partial charge in [0.1, 0.15) is 6.17 Å². The SMILES string of the molecule is CCC1NC(c2ccsc2)N(CC2CC2(C)C)C1=O. The average Bonchev–Trinajstić information content (AvgIpc) is 2.78. The second-order valence-electron chi connectivity index (χ2n) is 6.47. The quantitative estimate of drug-likeness (QED) is 0.918. The van der Waals surface area contributed by atoms with Crippen molar-refractivity contribution in [2.24, 2.45) is 11.3 Å². The monoisotopic (exact) mass is 278 g/mol. The van der Waals surface area contributed by atoms with Crippen LogP contribution in [0.4, 0.5) is 0 Å². The third-order valence-electron chi connectivity index (χ3n) is 4.65. The lowest BCUT2D eigenvalue weighted by Crippen LogP contribution is -2.33. The number of thiophene rings is 1. The number of hydrogen-bond donors (Lipinski definition) is 1. The minimum Gasteiger partial charge on any atom is -0.321 e. The summed E-state index contributed by atoms with van der Waals surface area (Å²) in [7, 11) is 0. The maximum Gasteiger partial charge on any atom is 0.241 e. The van der Waals surface area contributed by atoms with Gasteiger partial charge in [-0.2, -0.15) is 11.3 Å².